The van der Waals surface area contributed by atoms with Crippen molar-refractivity contribution < 1.29 is 9.53 Å². The molecule has 4 heteroatoms. The fourth-order valence-corrected chi connectivity index (χ4v) is 3.37. The smallest absolute Gasteiger partial charge is 0.323 e. The first-order valence-electron chi connectivity index (χ1n) is 6.67. The first-order valence-corrected chi connectivity index (χ1v) is 7.79. The van der Waals surface area contributed by atoms with Crippen molar-refractivity contribution in [2.45, 2.75) is 45.1 Å². The zero-order valence-corrected chi connectivity index (χ0v) is 12.2. The highest BCUT2D eigenvalue weighted by Crippen LogP contribution is 2.48. The van der Waals surface area contributed by atoms with E-state index in [0.717, 1.165) is 31.3 Å². The van der Waals surface area contributed by atoms with Gasteiger partial charge in [-0.15, -0.1) is 0 Å². The van der Waals surface area contributed by atoms with E-state index in [-0.39, 0.29) is 12.0 Å². The molecule has 17 heavy (non-hydrogen) atoms. The molecule has 0 aromatic heterocycles. The predicted octanol–water partition coefficient (Wildman–Crippen LogP) is 2.58. The third-order valence-electron chi connectivity index (χ3n) is 3.95. The quantitative estimate of drug-likeness (QED) is 0.577. The summed E-state index contributed by atoms with van der Waals surface area (Å²) >= 11 is 3.61. The van der Waals surface area contributed by atoms with Crippen LogP contribution in [0.2, 0.25) is 0 Å². The average Bonchev–Trinajstić information content (AvgIpc) is 3.10. The van der Waals surface area contributed by atoms with E-state index < -0.39 is 0 Å². The maximum absolute atomic E-state index is 11.9. The zero-order chi connectivity index (χ0) is 12.3. The molecule has 2 fully saturated rings. The molecule has 0 radical (unpaired) electrons. The number of piperidine rings is 1. The summed E-state index contributed by atoms with van der Waals surface area (Å²) in [5.74, 6) is -0.0161. The van der Waals surface area contributed by atoms with E-state index in [1.807, 2.05) is 6.92 Å². The van der Waals surface area contributed by atoms with E-state index in [0.29, 0.717) is 12.0 Å². The lowest BCUT2D eigenvalue weighted by molar-refractivity contribution is -0.151. The van der Waals surface area contributed by atoms with E-state index in [2.05, 4.69) is 20.8 Å². The van der Waals surface area contributed by atoms with Crippen LogP contribution in [0.3, 0.4) is 0 Å². The monoisotopic (exact) mass is 303 g/mol. The van der Waals surface area contributed by atoms with Crippen molar-refractivity contribution in [3.05, 3.63) is 0 Å². The lowest BCUT2D eigenvalue weighted by atomic mass is 9.99. The van der Waals surface area contributed by atoms with Crippen molar-refractivity contribution in [1.82, 2.24) is 4.90 Å². The molecule has 1 unspecified atom stereocenters. The van der Waals surface area contributed by atoms with Gasteiger partial charge >= 0.3 is 5.97 Å². The minimum atomic E-state index is -0.0161. The van der Waals surface area contributed by atoms with Gasteiger partial charge in [-0.05, 0) is 44.6 Å². The Balaban J connectivity index is 1.94. The molecular weight excluding hydrogens is 282 g/mol. The highest BCUT2D eigenvalue weighted by Gasteiger charge is 2.45. The summed E-state index contributed by atoms with van der Waals surface area (Å²) in [4.78, 5) is 14.3. The Hall–Kier alpha value is -0.0900. The zero-order valence-electron chi connectivity index (χ0n) is 10.6. The number of ether oxygens (including phenoxy) is 1. The van der Waals surface area contributed by atoms with Crippen LogP contribution in [0.25, 0.3) is 0 Å². The molecule has 0 aromatic carbocycles. The van der Waals surface area contributed by atoms with Gasteiger partial charge in [-0.2, -0.15) is 0 Å². The number of hydrogen-bond acceptors (Lipinski definition) is 3. The summed E-state index contributed by atoms with van der Waals surface area (Å²) in [6.07, 6.45) is 5.93. The van der Waals surface area contributed by atoms with Gasteiger partial charge in [0.1, 0.15) is 6.04 Å². The Morgan fingerprint density at radius 1 is 1.47 bits per heavy atom. The lowest BCUT2D eigenvalue weighted by Crippen LogP contribution is -2.48. The summed E-state index contributed by atoms with van der Waals surface area (Å²) in [6.45, 7) is 4.48. The van der Waals surface area contributed by atoms with Crippen molar-refractivity contribution in [3.63, 3.8) is 0 Å². The van der Waals surface area contributed by atoms with Gasteiger partial charge in [-0.25, -0.2) is 0 Å². The number of carbonyl (C=O) groups excluding carboxylic acids is 1. The second-order valence-corrected chi connectivity index (χ2v) is 5.93. The topological polar surface area (TPSA) is 29.5 Å². The summed E-state index contributed by atoms with van der Waals surface area (Å²) in [7, 11) is 0. The third-order valence-corrected chi connectivity index (χ3v) is 5.14. The SMILES string of the molecule is CCOC(=O)C1CCCCN1CC1(CBr)CC1. The normalized spacial score (nSPS) is 27.8. The molecule has 3 nitrogen and oxygen atoms in total. The lowest BCUT2D eigenvalue weighted by Gasteiger charge is -2.36. The molecule has 0 aromatic rings. The number of likely N-dealkylation sites (tertiary alicyclic amines) is 1. The van der Waals surface area contributed by atoms with Gasteiger partial charge in [-0.3, -0.25) is 9.69 Å². The molecule has 0 amide bonds. The standard InChI is InChI=1S/C13H22BrNO2/c1-2-17-12(16)11-5-3-4-8-15(11)10-13(9-14)6-7-13/h11H,2-10H2,1H3. The van der Waals surface area contributed by atoms with Crippen LogP contribution < -0.4 is 0 Å². The Kier molecular flexibility index (Phi) is 4.47. The van der Waals surface area contributed by atoms with Crippen LogP contribution in [0.1, 0.15) is 39.0 Å². The highest BCUT2D eigenvalue weighted by atomic mass is 79.9. The molecule has 1 heterocycles. The minimum Gasteiger partial charge on any atom is -0.465 e. The summed E-state index contributed by atoms with van der Waals surface area (Å²) in [5.41, 5.74) is 0.447. The van der Waals surface area contributed by atoms with E-state index in [9.17, 15) is 4.79 Å². The molecule has 0 bridgehead atoms. The minimum absolute atomic E-state index is 0.0141. The highest BCUT2D eigenvalue weighted by molar-refractivity contribution is 9.09. The van der Waals surface area contributed by atoms with Crippen molar-refractivity contribution in [3.8, 4) is 0 Å². The summed E-state index contributed by atoms with van der Waals surface area (Å²) in [6, 6.07) is 0.0141. The third kappa shape index (κ3) is 3.22. The molecule has 1 saturated carbocycles. The number of rotatable bonds is 5. The van der Waals surface area contributed by atoms with E-state index in [1.165, 1.54) is 19.3 Å². The number of hydrogen-bond donors (Lipinski definition) is 0. The Morgan fingerprint density at radius 3 is 2.82 bits per heavy atom. The fraction of sp³-hybridized carbons (Fsp3) is 0.923. The van der Waals surface area contributed by atoms with Crippen molar-refractivity contribution in [1.29, 1.82) is 0 Å². The second kappa shape index (κ2) is 5.70. The molecule has 1 saturated heterocycles. The Labute approximate surface area is 112 Å². The van der Waals surface area contributed by atoms with Gasteiger partial charge < -0.3 is 4.74 Å². The van der Waals surface area contributed by atoms with Crippen LogP contribution in [-0.2, 0) is 9.53 Å². The maximum atomic E-state index is 11.9. The van der Waals surface area contributed by atoms with E-state index >= 15 is 0 Å². The maximum Gasteiger partial charge on any atom is 0.323 e. The molecule has 2 aliphatic rings. The first kappa shape index (κ1) is 13.3. The largest absolute Gasteiger partial charge is 0.465 e. The summed E-state index contributed by atoms with van der Waals surface area (Å²) in [5, 5.41) is 1.06. The Morgan fingerprint density at radius 2 is 2.24 bits per heavy atom. The number of alkyl halides is 1. The van der Waals surface area contributed by atoms with Gasteiger partial charge in [0.05, 0.1) is 6.61 Å². The molecule has 0 spiro atoms. The molecule has 1 atom stereocenters. The van der Waals surface area contributed by atoms with Crippen molar-refractivity contribution in [2.75, 3.05) is 25.0 Å². The van der Waals surface area contributed by atoms with E-state index in [4.69, 9.17) is 4.74 Å². The Bertz CT molecular complexity index is 279. The van der Waals surface area contributed by atoms with Crippen LogP contribution in [0.5, 0.6) is 0 Å². The predicted molar refractivity (Wildman–Crippen MR) is 71.3 cm³/mol. The number of halogens is 1. The summed E-state index contributed by atoms with van der Waals surface area (Å²) < 4.78 is 5.19. The first-order chi connectivity index (χ1) is 8.21. The number of carbonyl (C=O) groups is 1. The van der Waals surface area contributed by atoms with Gasteiger partial charge in [0, 0.05) is 11.9 Å². The average molecular weight is 304 g/mol. The molecule has 98 valence electrons. The fourth-order valence-electron chi connectivity index (χ4n) is 2.63. The van der Waals surface area contributed by atoms with Crippen LogP contribution in [0.4, 0.5) is 0 Å². The van der Waals surface area contributed by atoms with Gasteiger partial charge in [0.2, 0.25) is 0 Å². The second-order valence-electron chi connectivity index (χ2n) is 5.37. The van der Waals surface area contributed by atoms with Crippen LogP contribution in [-0.4, -0.2) is 41.9 Å². The molecule has 2 rings (SSSR count). The molecule has 1 aliphatic heterocycles. The van der Waals surface area contributed by atoms with Crippen molar-refractivity contribution >= 4 is 21.9 Å². The van der Waals surface area contributed by atoms with Crippen LogP contribution in [0.15, 0.2) is 0 Å². The van der Waals surface area contributed by atoms with Crippen LogP contribution >= 0.6 is 15.9 Å². The van der Waals surface area contributed by atoms with Gasteiger partial charge in [-0.1, -0.05) is 22.4 Å². The van der Waals surface area contributed by atoms with Crippen molar-refractivity contribution in [2.24, 2.45) is 5.41 Å². The van der Waals surface area contributed by atoms with Crippen LogP contribution in [0, 0.1) is 5.41 Å². The molecule has 0 N–H and O–H groups in total. The molecular formula is C13H22BrNO2. The van der Waals surface area contributed by atoms with Gasteiger partial charge in [0.25, 0.3) is 0 Å². The number of esters is 1. The number of nitrogens with zero attached hydrogens (tertiary/aromatic N) is 1. The van der Waals surface area contributed by atoms with E-state index in [1.54, 1.807) is 0 Å². The van der Waals surface area contributed by atoms with Gasteiger partial charge in [0.15, 0.2) is 0 Å². The molecule has 1 aliphatic carbocycles.